The summed E-state index contributed by atoms with van der Waals surface area (Å²) in [5.74, 6) is -0.721. The molecule has 0 saturated heterocycles. The number of rotatable bonds is 8. The zero-order chi connectivity index (χ0) is 18.9. The highest BCUT2D eigenvalue weighted by atomic mass is 32.2. The van der Waals surface area contributed by atoms with Crippen molar-refractivity contribution < 1.29 is 14.3 Å². The summed E-state index contributed by atoms with van der Waals surface area (Å²) < 4.78 is 4.71. The van der Waals surface area contributed by atoms with Gasteiger partial charge in [-0.3, -0.25) is 4.79 Å². The number of esters is 1. The van der Waals surface area contributed by atoms with Gasteiger partial charge in [-0.25, -0.2) is 9.59 Å². The number of nitrogens with zero attached hydrogens (tertiary/aromatic N) is 1. The number of thioether (sulfide) groups is 1. The number of H-pyrrole nitrogens is 1. The van der Waals surface area contributed by atoms with E-state index in [1.807, 2.05) is 30.3 Å². The zero-order valence-corrected chi connectivity index (χ0v) is 15.5. The van der Waals surface area contributed by atoms with Gasteiger partial charge in [0.1, 0.15) is 10.6 Å². The topological polar surface area (TPSA) is 101 Å². The largest absolute Gasteiger partial charge is 0.465 e. The summed E-state index contributed by atoms with van der Waals surface area (Å²) in [5.41, 5.74) is 1.19. The number of ether oxygens (including phenoxy) is 1. The number of aryl methyl sites for hydroxylation is 2. The van der Waals surface area contributed by atoms with Crippen LogP contribution in [0.4, 0.5) is 0 Å². The molecule has 0 aliphatic carbocycles. The molecule has 26 heavy (non-hydrogen) atoms. The molecule has 0 saturated carbocycles. The van der Waals surface area contributed by atoms with E-state index in [1.54, 1.807) is 6.92 Å². The Bertz CT molecular complexity index is 821. The van der Waals surface area contributed by atoms with Crippen LogP contribution >= 0.6 is 11.8 Å². The first-order valence-corrected chi connectivity index (χ1v) is 9.12. The van der Waals surface area contributed by atoms with Gasteiger partial charge in [-0.2, -0.15) is 4.98 Å². The minimum Gasteiger partial charge on any atom is -0.465 e. The van der Waals surface area contributed by atoms with Crippen LogP contribution < -0.4 is 11.0 Å². The first-order valence-electron chi connectivity index (χ1n) is 8.14. The van der Waals surface area contributed by atoms with Crippen LogP contribution in [0.15, 0.2) is 40.2 Å². The molecule has 1 aromatic heterocycles. The van der Waals surface area contributed by atoms with E-state index in [9.17, 15) is 14.4 Å². The van der Waals surface area contributed by atoms with Crippen molar-refractivity contribution in [2.45, 2.75) is 24.8 Å². The van der Waals surface area contributed by atoms with E-state index >= 15 is 0 Å². The maximum absolute atomic E-state index is 12.0. The van der Waals surface area contributed by atoms with Gasteiger partial charge in [-0.1, -0.05) is 42.1 Å². The summed E-state index contributed by atoms with van der Waals surface area (Å²) in [6, 6.07) is 10.0. The van der Waals surface area contributed by atoms with Gasteiger partial charge in [-0.05, 0) is 25.3 Å². The first-order chi connectivity index (χ1) is 12.5. The fourth-order valence-corrected chi connectivity index (χ4v) is 3.25. The average molecular weight is 375 g/mol. The maximum atomic E-state index is 12.0. The highest BCUT2D eigenvalue weighted by Gasteiger charge is 2.19. The van der Waals surface area contributed by atoms with Gasteiger partial charge in [0.15, 0.2) is 0 Å². The predicted octanol–water partition coefficient (Wildman–Crippen LogP) is 1.71. The van der Waals surface area contributed by atoms with E-state index in [-0.39, 0.29) is 22.2 Å². The van der Waals surface area contributed by atoms with Gasteiger partial charge in [-0.15, -0.1) is 0 Å². The Morgan fingerprint density at radius 3 is 2.69 bits per heavy atom. The average Bonchev–Trinajstić information content (AvgIpc) is 2.63. The molecule has 1 aromatic carbocycles. The van der Waals surface area contributed by atoms with Gasteiger partial charge in [0.05, 0.1) is 12.9 Å². The van der Waals surface area contributed by atoms with E-state index in [0.29, 0.717) is 12.2 Å². The normalized spacial score (nSPS) is 10.4. The van der Waals surface area contributed by atoms with Crippen LogP contribution in [0.1, 0.15) is 28.0 Å². The third kappa shape index (κ3) is 5.73. The quantitative estimate of drug-likeness (QED) is 0.315. The molecule has 1 amide bonds. The fraction of sp³-hybridized carbons (Fsp3) is 0.333. The van der Waals surface area contributed by atoms with Crippen molar-refractivity contribution in [3.8, 4) is 0 Å². The minimum atomic E-state index is -0.600. The molecule has 2 rings (SSSR count). The molecule has 2 aromatic rings. The van der Waals surface area contributed by atoms with E-state index in [2.05, 4.69) is 15.3 Å². The number of nitrogens with one attached hydrogen (secondary N) is 2. The van der Waals surface area contributed by atoms with Gasteiger partial charge in [0.25, 0.3) is 0 Å². The second kappa shape index (κ2) is 9.76. The number of carbonyl (C=O) groups excluding carboxylic acids is 2. The highest BCUT2D eigenvalue weighted by molar-refractivity contribution is 8.00. The molecule has 0 bridgehead atoms. The summed E-state index contributed by atoms with van der Waals surface area (Å²) in [6.07, 6.45) is 1.71. The molecule has 0 aliphatic heterocycles. The van der Waals surface area contributed by atoms with Crippen molar-refractivity contribution in [1.29, 1.82) is 0 Å². The summed E-state index contributed by atoms with van der Waals surface area (Å²) in [6.45, 7) is 2.14. The van der Waals surface area contributed by atoms with Crippen LogP contribution in [0.25, 0.3) is 0 Å². The Morgan fingerprint density at radius 2 is 2.00 bits per heavy atom. The van der Waals surface area contributed by atoms with Crippen molar-refractivity contribution >= 4 is 23.6 Å². The zero-order valence-electron chi connectivity index (χ0n) is 14.7. The lowest BCUT2D eigenvalue weighted by molar-refractivity contribution is -0.118. The maximum Gasteiger partial charge on any atom is 0.346 e. The van der Waals surface area contributed by atoms with E-state index < -0.39 is 11.7 Å². The second-order valence-electron chi connectivity index (χ2n) is 5.57. The van der Waals surface area contributed by atoms with Gasteiger partial charge in [0.2, 0.25) is 5.91 Å². The van der Waals surface area contributed by atoms with Gasteiger partial charge >= 0.3 is 11.7 Å². The second-order valence-corrected chi connectivity index (χ2v) is 6.53. The third-order valence-corrected chi connectivity index (χ3v) is 4.60. The SMILES string of the molecule is COC(=O)c1c(SCC(=O)NCCCc2ccccc2)nc(=O)[nH]c1C. The van der Waals surface area contributed by atoms with Crippen LogP contribution in [0.2, 0.25) is 0 Å². The number of hydrogen-bond acceptors (Lipinski definition) is 6. The molecular weight excluding hydrogens is 354 g/mol. The number of hydrogen-bond donors (Lipinski definition) is 2. The number of carbonyl (C=O) groups is 2. The smallest absolute Gasteiger partial charge is 0.346 e. The summed E-state index contributed by atoms with van der Waals surface area (Å²) in [5, 5.41) is 3.02. The van der Waals surface area contributed by atoms with Crippen LogP contribution in [0, 0.1) is 6.92 Å². The van der Waals surface area contributed by atoms with Crippen LogP contribution in [0.5, 0.6) is 0 Å². The van der Waals surface area contributed by atoms with Crippen LogP contribution in [-0.2, 0) is 16.0 Å². The van der Waals surface area contributed by atoms with Crippen molar-refractivity contribution in [2.75, 3.05) is 19.4 Å². The number of aromatic nitrogens is 2. The van der Waals surface area contributed by atoms with E-state index in [1.165, 1.54) is 12.7 Å². The number of amides is 1. The number of methoxy groups -OCH3 is 1. The highest BCUT2D eigenvalue weighted by Crippen LogP contribution is 2.21. The molecular formula is C18H21N3O4S. The molecule has 0 fully saturated rings. The molecule has 0 spiro atoms. The monoisotopic (exact) mass is 375 g/mol. The van der Waals surface area contributed by atoms with Gasteiger partial charge < -0.3 is 15.0 Å². The molecule has 1 heterocycles. The lowest BCUT2D eigenvalue weighted by atomic mass is 10.1. The molecule has 0 atom stereocenters. The third-order valence-electron chi connectivity index (χ3n) is 3.62. The minimum absolute atomic E-state index is 0.0607. The molecule has 2 N–H and O–H groups in total. The molecule has 138 valence electrons. The van der Waals surface area contributed by atoms with E-state index in [4.69, 9.17) is 4.74 Å². The van der Waals surface area contributed by atoms with Gasteiger partial charge in [0, 0.05) is 12.2 Å². The Balaban J connectivity index is 1.85. The van der Waals surface area contributed by atoms with Crippen molar-refractivity contribution in [1.82, 2.24) is 15.3 Å². The Labute approximate surface area is 155 Å². The lowest BCUT2D eigenvalue weighted by Gasteiger charge is -2.09. The Kier molecular flexibility index (Phi) is 7.40. The van der Waals surface area contributed by atoms with Crippen molar-refractivity contribution in [2.24, 2.45) is 0 Å². The summed E-state index contributed by atoms with van der Waals surface area (Å²) >= 11 is 1.04. The number of aromatic amines is 1. The van der Waals surface area contributed by atoms with Crippen LogP contribution in [0.3, 0.4) is 0 Å². The summed E-state index contributed by atoms with van der Waals surface area (Å²) in [7, 11) is 1.25. The predicted molar refractivity (Wildman–Crippen MR) is 99.4 cm³/mol. The molecule has 0 radical (unpaired) electrons. The molecule has 7 nitrogen and oxygen atoms in total. The Hall–Kier alpha value is -2.61. The van der Waals surface area contributed by atoms with Crippen molar-refractivity contribution in [3.63, 3.8) is 0 Å². The van der Waals surface area contributed by atoms with Crippen LogP contribution in [-0.4, -0.2) is 41.3 Å². The summed E-state index contributed by atoms with van der Waals surface area (Å²) in [4.78, 5) is 41.6. The molecule has 8 heteroatoms. The Morgan fingerprint density at radius 1 is 1.27 bits per heavy atom. The number of benzene rings is 1. The lowest BCUT2D eigenvalue weighted by Crippen LogP contribution is -2.27. The first kappa shape index (κ1) is 19.7. The molecule has 0 unspecified atom stereocenters. The van der Waals surface area contributed by atoms with Crippen molar-refractivity contribution in [3.05, 3.63) is 57.6 Å². The fourth-order valence-electron chi connectivity index (χ4n) is 2.36. The van der Waals surface area contributed by atoms with E-state index in [0.717, 1.165) is 24.6 Å². The molecule has 0 aliphatic rings. The standard InChI is InChI=1S/C18H21N3O4S/c1-12-15(17(23)25-2)16(21-18(24)20-12)26-11-14(22)19-10-6-9-13-7-4-3-5-8-13/h3-5,7-8H,6,9-11H2,1-2H3,(H,19,22)(H,20,21,24).